The average Bonchev–Trinajstić information content (AvgIpc) is 2.46. The zero-order chi connectivity index (χ0) is 10.3. The standard InChI is InChI=1S/C6H3F3N4O/c7-6(8,9)3-1-4-5(10-2-3)11-12-13(4)14/h1-2,14H. The van der Waals surface area contributed by atoms with Crippen molar-refractivity contribution in [2.45, 2.75) is 6.18 Å². The SMILES string of the molecule is On1nnc2ncc(C(F)(F)F)cc21. The van der Waals surface area contributed by atoms with Gasteiger partial charge in [0.05, 0.1) is 5.56 Å². The van der Waals surface area contributed by atoms with Crippen molar-refractivity contribution in [2.24, 2.45) is 0 Å². The molecule has 1 N–H and O–H groups in total. The third kappa shape index (κ3) is 1.24. The Labute approximate surface area is 74.7 Å². The highest BCUT2D eigenvalue weighted by Gasteiger charge is 2.31. The van der Waals surface area contributed by atoms with E-state index in [0.29, 0.717) is 6.20 Å². The van der Waals surface area contributed by atoms with Gasteiger partial charge in [0, 0.05) is 6.20 Å². The van der Waals surface area contributed by atoms with E-state index in [1.807, 2.05) is 0 Å². The molecule has 0 atom stereocenters. The van der Waals surface area contributed by atoms with E-state index < -0.39 is 11.7 Å². The zero-order valence-corrected chi connectivity index (χ0v) is 6.52. The van der Waals surface area contributed by atoms with Crippen LogP contribution in [0.1, 0.15) is 5.56 Å². The molecule has 0 radical (unpaired) electrons. The van der Waals surface area contributed by atoms with E-state index >= 15 is 0 Å². The number of rotatable bonds is 0. The minimum Gasteiger partial charge on any atom is -0.410 e. The first-order valence-electron chi connectivity index (χ1n) is 3.46. The Bertz CT molecular complexity index is 477. The smallest absolute Gasteiger partial charge is 0.410 e. The summed E-state index contributed by atoms with van der Waals surface area (Å²) in [7, 11) is 0. The van der Waals surface area contributed by atoms with Crippen LogP contribution >= 0.6 is 0 Å². The van der Waals surface area contributed by atoms with E-state index in [-0.39, 0.29) is 16.0 Å². The molecule has 0 amide bonds. The van der Waals surface area contributed by atoms with Gasteiger partial charge in [0.2, 0.25) is 5.65 Å². The number of aromatic nitrogens is 4. The summed E-state index contributed by atoms with van der Waals surface area (Å²) in [5.74, 6) is 0. The normalized spacial score (nSPS) is 12.2. The molecule has 2 heterocycles. The second kappa shape index (κ2) is 2.56. The minimum atomic E-state index is -4.49. The van der Waals surface area contributed by atoms with E-state index in [0.717, 1.165) is 6.07 Å². The zero-order valence-electron chi connectivity index (χ0n) is 6.52. The molecule has 74 valence electrons. The van der Waals surface area contributed by atoms with Crippen LogP contribution in [0, 0.1) is 0 Å². The Morgan fingerprint density at radius 3 is 2.71 bits per heavy atom. The highest BCUT2D eigenvalue weighted by atomic mass is 19.4. The predicted molar refractivity (Wildman–Crippen MR) is 37.5 cm³/mol. The summed E-state index contributed by atoms with van der Waals surface area (Å²) in [6.45, 7) is 0. The highest BCUT2D eigenvalue weighted by molar-refractivity contribution is 5.69. The fourth-order valence-corrected chi connectivity index (χ4v) is 0.958. The molecular weight excluding hydrogens is 201 g/mol. The van der Waals surface area contributed by atoms with Crippen LogP contribution in [0.5, 0.6) is 0 Å². The second-order valence-corrected chi connectivity index (χ2v) is 2.54. The second-order valence-electron chi connectivity index (χ2n) is 2.54. The van der Waals surface area contributed by atoms with Crippen molar-refractivity contribution in [3.63, 3.8) is 0 Å². The fraction of sp³-hybridized carbons (Fsp3) is 0.167. The summed E-state index contributed by atoms with van der Waals surface area (Å²) in [5, 5.41) is 15.4. The van der Waals surface area contributed by atoms with E-state index in [4.69, 9.17) is 5.21 Å². The Balaban J connectivity index is 2.66. The van der Waals surface area contributed by atoms with Gasteiger partial charge in [0.1, 0.15) is 5.52 Å². The van der Waals surface area contributed by atoms with Gasteiger partial charge in [-0.2, -0.15) is 13.2 Å². The van der Waals surface area contributed by atoms with Gasteiger partial charge in [-0.3, -0.25) is 0 Å². The van der Waals surface area contributed by atoms with Crippen molar-refractivity contribution in [3.8, 4) is 0 Å². The van der Waals surface area contributed by atoms with Gasteiger partial charge < -0.3 is 5.21 Å². The van der Waals surface area contributed by atoms with Crippen LogP contribution in [0.4, 0.5) is 13.2 Å². The summed E-state index contributed by atoms with van der Waals surface area (Å²) in [6.07, 6.45) is -3.86. The molecule has 0 bridgehead atoms. The largest absolute Gasteiger partial charge is 0.417 e. The van der Waals surface area contributed by atoms with Gasteiger partial charge >= 0.3 is 6.18 Å². The quantitative estimate of drug-likeness (QED) is 0.652. The summed E-state index contributed by atoms with van der Waals surface area (Å²) in [6, 6.07) is 0.725. The van der Waals surface area contributed by atoms with Gasteiger partial charge in [-0.25, -0.2) is 4.98 Å². The molecule has 2 aromatic rings. The lowest BCUT2D eigenvalue weighted by Gasteiger charge is -2.04. The number of hydrogen-bond acceptors (Lipinski definition) is 4. The van der Waals surface area contributed by atoms with Crippen LogP contribution in [0.3, 0.4) is 0 Å². The van der Waals surface area contributed by atoms with Crippen LogP contribution in [-0.4, -0.2) is 25.3 Å². The minimum absolute atomic E-state index is 0.0412. The van der Waals surface area contributed by atoms with E-state index in [1.165, 1.54) is 0 Å². The molecule has 0 saturated carbocycles. The maximum absolute atomic E-state index is 12.2. The number of halogens is 3. The van der Waals surface area contributed by atoms with E-state index in [2.05, 4.69) is 15.3 Å². The molecule has 2 aromatic heterocycles. The first kappa shape index (κ1) is 8.73. The molecule has 0 aliphatic carbocycles. The third-order valence-electron chi connectivity index (χ3n) is 1.61. The van der Waals surface area contributed by atoms with E-state index in [9.17, 15) is 13.2 Å². The lowest BCUT2D eigenvalue weighted by molar-refractivity contribution is -0.137. The summed E-state index contributed by atoms with van der Waals surface area (Å²) < 4.78 is 36.5. The van der Waals surface area contributed by atoms with Crippen LogP contribution in [0.25, 0.3) is 11.2 Å². The van der Waals surface area contributed by atoms with E-state index in [1.54, 1.807) is 0 Å². The monoisotopic (exact) mass is 204 g/mol. The van der Waals surface area contributed by atoms with Crippen LogP contribution in [0.15, 0.2) is 12.3 Å². The molecule has 0 spiro atoms. The molecule has 8 heteroatoms. The Morgan fingerprint density at radius 2 is 2.07 bits per heavy atom. The maximum atomic E-state index is 12.2. The van der Waals surface area contributed by atoms with Crippen molar-refractivity contribution in [1.82, 2.24) is 20.1 Å². The molecule has 14 heavy (non-hydrogen) atoms. The Morgan fingerprint density at radius 1 is 1.36 bits per heavy atom. The number of fused-ring (bicyclic) bond motifs is 1. The lowest BCUT2D eigenvalue weighted by Crippen LogP contribution is -2.05. The van der Waals surface area contributed by atoms with Crippen molar-refractivity contribution in [3.05, 3.63) is 17.8 Å². The number of nitrogens with zero attached hydrogens (tertiary/aromatic N) is 4. The molecule has 0 aliphatic heterocycles. The summed E-state index contributed by atoms with van der Waals surface area (Å²) >= 11 is 0. The topological polar surface area (TPSA) is 63.8 Å². The Hall–Kier alpha value is -1.86. The number of alkyl halides is 3. The number of pyridine rings is 1. The van der Waals surface area contributed by atoms with Gasteiger partial charge in [0.15, 0.2) is 0 Å². The molecule has 5 nitrogen and oxygen atoms in total. The van der Waals surface area contributed by atoms with Crippen molar-refractivity contribution in [2.75, 3.05) is 0 Å². The first-order chi connectivity index (χ1) is 6.48. The van der Waals surface area contributed by atoms with Gasteiger partial charge in [0.25, 0.3) is 0 Å². The molecule has 0 aromatic carbocycles. The predicted octanol–water partition coefficient (Wildman–Crippen LogP) is 1.08. The molecule has 0 aliphatic rings. The van der Waals surface area contributed by atoms with Crippen LogP contribution in [-0.2, 0) is 6.18 Å². The molecule has 2 rings (SSSR count). The lowest BCUT2D eigenvalue weighted by atomic mass is 10.2. The summed E-state index contributed by atoms with van der Waals surface area (Å²) in [5.41, 5.74) is -1.18. The molecule has 0 saturated heterocycles. The first-order valence-corrected chi connectivity index (χ1v) is 3.46. The molecule has 0 fully saturated rings. The van der Waals surface area contributed by atoms with Crippen molar-refractivity contribution in [1.29, 1.82) is 0 Å². The highest BCUT2D eigenvalue weighted by Crippen LogP contribution is 2.29. The van der Waals surface area contributed by atoms with Crippen molar-refractivity contribution >= 4 is 11.2 Å². The van der Waals surface area contributed by atoms with Gasteiger partial charge in [-0.05, 0) is 11.3 Å². The Kier molecular flexibility index (Phi) is 1.60. The van der Waals surface area contributed by atoms with Gasteiger partial charge in [-0.15, -0.1) is 5.10 Å². The van der Waals surface area contributed by atoms with Crippen molar-refractivity contribution < 1.29 is 18.4 Å². The molecule has 0 unspecified atom stereocenters. The van der Waals surface area contributed by atoms with Crippen LogP contribution < -0.4 is 0 Å². The fourth-order valence-electron chi connectivity index (χ4n) is 0.958. The number of hydrogen-bond donors (Lipinski definition) is 1. The summed E-state index contributed by atoms with van der Waals surface area (Å²) in [4.78, 5) is 3.64. The third-order valence-corrected chi connectivity index (χ3v) is 1.61. The molecular formula is C6H3F3N4O. The maximum Gasteiger partial charge on any atom is 0.417 e. The van der Waals surface area contributed by atoms with Crippen LogP contribution in [0.2, 0.25) is 0 Å². The van der Waals surface area contributed by atoms with Gasteiger partial charge in [-0.1, -0.05) is 4.85 Å². The average molecular weight is 204 g/mol.